The van der Waals surface area contributed by atoms with E-state index in [-0.39, 0.29) is 5.91 Å². The Balaban J connectivity index is 1.69. The molecule has 0 radical (unpaired) electrons. The highest BCUT2D eigenvalue weighted by Gasteiger charge is 2.32. The molecule has 0 aliphatic carbocycles. The van der Waals surface area contributed by atoms with Crippen LogP contribution < -0.4 is 9.47 Å². The number of benzene rings is 1. The predicted octanol–water partition coefficient (Wildman–Crippen LogP) is 2.08. The Morgan fingerprint density at radius 1 is 1.32 bits per heavy atom. The van der Waals surface area contributed by atoms with Crippen molar-refractivity contribution in [3.05, 3.63) is 24.3 Å². The molecule has 0 spiro atoms. The van der Waals surface area contributed by atoms with Crippen LogP contribution in [-0.4, -0.2) is 36.6 Å². The lowest BCUT2D eigenvalue weighted by molar-refractivity contribution is -0.142. The second-order valence-corrected chi connectivity index (χ2v) is 5.40. The van der Waals surface area contributed by atoms with Gasteiger partial charge in [-0.25, -0.2) is 0 Å². The quantitative estimate of drug-likeness (QED) is 0.777. The molecule has 1 fully saturated rings. The summed E-state index contributed by atoms with van der Waals surface area (Å²) in [5.74, 6) is 2.02. The molecular formula is C15H19NO3. The van der Waals surface area contributed by atoms with Crippen LogP contribution in [0.15, 0.2) is 24.3 Å². The second-order valence-electron chi connectivity index (χ2n) is 5.40. The molecule has 2 aliphatic rings. The highest BCUT2D eigenvalue weighted by atomic mass is 16.6. The van der Waals surface area contributed by atoms with Gasteiger partial charge in [0.2, 0.25) is 6.10 Å². The molecule has 0 unspecified atom stereocenters. The van der Waals surface area contributed by atoms with E-state index >= 15 is 0 Å². The molecule has 1 aromatic carbocycles. The molecule has 2 aliphatic heterocycles. The Kier molecular flexibility index (Phi) is 3.32. The molecule has 0 saturated carbocycles. The standard InChI is InChI=1S/C15H19NO3/c1-11-5-4-8-16(9-11)15(17)14-10-18-12-6-2-3-7-13(12)19-14/h2-3,6-7,11,14H,4-5,8-10H2,1H3/t11-,14-/m1/s1. The Morgan fingerprint density at radius 2 is 2.11 bits per heavy atom. The largest absolute Gasteiger partial charge is 0.485 e. The number of para-hydroxylation sites is 2. The van der Waals surface area contributed by atoms with Crippen LogP contribution in [0.2, 0.25) is 0 Å². The van der Waals surface area contributed by atoms with Gasteiger partial charge in [-0.2, -0.15) is 0 Å². The second kappa shape index (κ2) is 5.11. The van der Waals surface area contributed by atoms with Crippen LogP contribution in [0.4, 0.5) is 0 Å². The van der Waals surface area contributed by atoms with E-state index in [1.807, 2.05) is 29.2 Å². The predicted molar refractivity (Wildman–Crippen MR) is 71.3 cm³/mol. The topological polar surface area (TPSA) is 38.8 Å². The summed E-state index contributed by atoms with van der Waals surface area (Å²) in [5.41, 5.74) is 0. The minimum atomic E-state index is -0.500. The van der Waals surface area contributed by atoms with Gasteiger partial charge in [0.05, 0.1) is 0 Å². The van der Waals surface area contributed by atoms with Crippen molar-refractivity contribution < 1.29 is 14.3 Å². The summed E-state index contributed by atoms with van der Waals surface area (Å²) >= 11 is 0. The van der Waals surface area contributed by atoms with Crippen molar-refractivity contribution in [2.45, 2.75) is 25.9 Å². The van der Waals surface area contributed by atoms with E-state index < -0.39 is 6.10 Å². The number of fused-ring (bicyclic) bond motifs is 1. The van der Waals surface area contributed by atoms with Gasteiger partial charge in [0.25, 0.3) is 5.91 Å². The molecule has 1 amide bonds. The molecule has 3 rings (SSSR count). The van der Waals surface area contributed by atoms with Gasteiger partial charge < -0.3 is 14.4 Å². The smallest absolute Gasteiger partial charge is 0.267 e. The summed E-state index contributed by atoms with van der Waals surface area (Å²) in [6.07, 6.45) is 1.78. The van der Waals surface area contributed by atoms with E-state index in [0.29, 0.717) is 18.3 Å². The fourth-order valence-corrected chi connectivity index (χ4v) is 2.73. The Labute approximate surface area is 113 Å². The Hall–Kier alpha value is -1.71. The number of ether oxygens (including phenoxy) is 2. The van der Waals surface area contributed by atoms with Gasteiger partial charge in [0.1, 0.15) is 6.61 Å². The van der Waals surface area contributed by atoms with Gasteiger partial charge in [-0.1, -0.05) is 19.1 Å². The molecule has 0 N–H and O–H groups in total. The van der Waals surface area contributed by atoms with E-state index in [1.165, 1.54) is 6.42 Å². The first-order valence-corrected chi connectivity index (χ1v) is 6.91. The van der Waals surface area contributed by atoms with Crippen LogP contribution in [0.3, 0.4) is 0 Å². The average molecular weight is 261 g/mol. The Morgan fingerprint density at radius 3 is 2.89 bits per heavy atom. The third kappa shape index (κ3) is 2.53. The average Bonchev–Trinajstić information content (AvgIpc) is 2.46. The van der Waals surface area contributed by atoms with Gasteiger partial charge in [-0.3, -0.25) is 4.79 Å². The van der Waals surface area contributed by atoms with E-state index in [0.717, 1.165) is 25.3 Å². The summed E-state index contributed by atoms with van der Waals surface area (Å²) in [6, 6.07) is 7.49. The summed E-state index contributed by atoms with van der Waals surface area (Å²) < 4.78 is 11.4. The summed E-state index contributed by atoms with van der Waals surface area (Å²) in [4.78, 5) is 14.3. The van der Waals surface area contributed by atoms with Crippen molar-refractivity contribution in [3.63, 3.8) is 0 Å². The van der Waals surface area contributed by atoms with Crippen molar-refractivity contribution >= 4 is 5.91 Å². The number of carbonyl (C=O) groups is 1. The van der Waals surface area contributed by atoms with Gasteiger partial charge in [-0.05, 0) is 30.9 Å². The first kappa shape index (κ1) is 12.3. The van der Waals surface area contributed by atoms with Crippen molar-refractivity contribution in [1.29, 1.82) is 0 Å². The minimum absolute atomic E-state index is 0.0565. The molecule has 2 atom stereocenters. The number of piperidine rings is 1. The van der Waals surface area contributed by atoms with Gasteiger partial charge >= 0.3 is 0 Å². The third-order valence-corrected chi connectivity index (χ3v) is 3.75. The molecule has 1 saturated heterocycles. The maximum atomic E-state index is 12.4. The van der Waals surface area contributed by atoms with Crippen molar-refractivity contribution in [2.75, 3.05) is 19.7 Å². The van der Waals surface area contributed by atoms with Crippen LogP contribution in [0.25, 0.3) is 0 Å². The van der Waals surface area contributed by atoms with Crippen LogP contribution >= 0.6 is 0 Å². The fourth-order valence-electron chi connectivity index (χ4n) is 2.73. The van der Waals surface area contributed by atoms with Crippen LogP contribution in [0, 0.1) is 5.92 Å². The molecule has 4 nitrogen and oxygen atoms in total. The lowest BCUT2D eigenvalue weighted by Crippen LogP contribution is -2.49. The van der Waals surface area contributed by atoms with E-state index in [4.69, 9.17) is 9.47 Å². The highest BCUT2D eigenvalue weighted by molar-refractivity contribution is 5.82. The molecule has 4 heteroatoms. The number of carbonyl (C=O) groups excluding carboxylic acids is 1. The maximum Gasteiger partial charge on any atom is 0.267 e. The van der Waals surface area contributed by atoms with E-state index in [1.54, 1.807) is 0 Å². The van der Waals surface area contributed by atoms with Crippen LogP contribution in [0.5, 0.6) is 11.5 Å². The monoisotopic (exact) mass is 261 g/mol. The zero-order valence-electron chi connectivity index (χ0n) is 11.2. The first-order valence-electron chi connectivity index (χ1n) is 6.91. The highest BCUT2D eigenvalue weighted by Crippen LogP contribution is 2.31. The molecule has 0 bridgehead atoms. The summed E-state index contributed by atoms with van der Waals surface area (Å²) in [6.45, 7) is 4.17. The zero-order valence-corrected chi connectivity index (χ0v) is 11.2. The molecule has 0 aromatic heterocycles. The number of rotatable bonds is 1. The fraction of sp³-hybridized carbons (Fsp3) is 0.533. The van der Waals surface area contributed by atoms with Gasteiger partial charge in [-0.15, -0.1) is 0 Å². The number of amides is 1. The van der Waals surface area contributed by atoms with Crippen molar-refractivity contribution in [3.8, 4) is 11.5 Å². The lowest BCUT2D eigenvalue weighted by atomic mass is 10.00. The Bertz CT molecular complexity index is 474. The van der Waals surface area contributed by atoms with E-state index in [9.17, 15) is 4.79 Å². The maximum absolute atomic E-state index is 12.4. The van der Waals surface area contributed by atoms with Crippen LogP contribution in [-0.2, 0) is 4.79 Å². The summed E-state index contributed by atoms with van der Waals surface area (Å²) in [5, 5.41) is 0. The normalized spacial score (nSPS) is 26.1. The summed E-state index contributed by atoms with van der Waals surface area (Å²) in [7, 11) is 0. The first-order chi connectivity index (χ1) is 9.24. The molecule has 19 heavy (non-hydrogen) atoms. The molecule has 102 valence electrons. The van der Waals surface area contributed by atoms with Crippen LogP contribution in [0.1, 0.15) is 19.8 Å². The molecular weight excluding hydrogens is 242 g/mol. The lowest BCUT2D eigenvalue weighted by Gasteiger charge is -2.35. The molecule has 1 aromatic rings. The van der Waals surface area contributed by atoms with Gasteiger partial charge in [0.15, 0.2) is 11.5 Å². The zero-order chi connectivity index (χ0) is 13.2. The number of nitrogens with zero attached hydrogens (tertiary/aromatic N) is 1. The number of hydrogen-bond donors (Lipinski definition) is 0. The third-order valence-electron chi connectivity index (χ3n) is 3.75. The number of hydrogen-bond acceptors (Lipinski definition) is 3. The SMILES string of the molecule is C[C@@H]1CCCN(C(=O)[C@H]2COc3ccccc3O2)C1. The minimum Gasteiger partial charge on any atom is -0.485 e. The van der Waals surface area contributed by atoms with Crippen molar-refractivity contribution in [2.24, 2.45) is 5.92 Å². The molecule has 2 heterocycles. The van der Waals surface area contributed by atoms with E-state index in [2.05, 4.69) is 6.92 Å². The number of likely N-dealkylation sites (tertiary alicyclic amines) is 1. The van der Waals surface area contributed by atoms with Gasteiger partial charge in [0, 0.05) is 13.1 Å². The van der Waals surface area contributed by atoms with Crippen molar-refractivity contribution in [1.82, 2.24) is 4.90 Å².